The molecule has 1 amide bonds. The fourth-order valence-corrected chi connectivity index (χ4v) is 4.47. The summed E-state index contributed by atoms with van der Waals surface area (Å²) >= 11 is 0. The van der Waals surface area contributed by atoms with Gasteiger partial charge >= 0.3 is 6.09 Å². The standard InChI is InChI=1S/C23H34N2O3/c1-8-11-27-21-10-9-20(15(2)16(21)3)17(4)24-13-19-12-18(24)14-25(19)22(26)28-23(5,6)7/h8-10,17-19H,1,11-14H2,2-7H3/t17-,18+,19+/m0/s1. The maximum Gasteiger partial charge on any atom is 0.410 e. The predicted octanol–water partition coefficient (Wildman–Crippen LogP) is 4.62. The first-order chi connectivity index (χ1) is 13.1. The molecule has 5 heteroatoms. The Labute approximate surface area is 169 Å². The number of carbonyl (C=O) groups is 1. The Kier molecular flexibility index (Phi) is 5.76. The monoisotopic (exact) mass is 386 g/mol. The largest absolute Gasteiger partial charge is 0.489 e. The molecule has 0 spiro atoms. The third-order valence-corrected chi connectivity index (χ3v) is 5.99. The van der Waals surface area contributed by atoms with E-state index in [-0.39, 0.29) is 12.1 Å². The van der Waals surface area contributed by atoms with Crippen LogP contribution in [0.1, 0.15) is 56.8 Å². The van der Waals surface area contributed by atoms with Crippen LogP contribution in [0.3, 0.4) is 0 Å². The van der Waals surface area contributed by atoms with Crippen molar-refractivity contribution in [3.05, 3.63) is 41.5 Å². The van der Waals surface area contributed by atoms with Gasteiger partial charge in [-0.25, -0.2) is 4.79 Å². The van der Waals surface area contributed by atoms with Crippen LogP contribution in [0.4, 0.5) is 4.79 Å². The van der Waals surface area contributed by atoms with Crippen LogP contribution in [0, 0.1) is 13.8 Å². The topological polar surface area (TPSA) is 42.0 Å². The number of benzene rings is 1. The van der Waals surface area contributed by atoms with Gasteiger partial charge in [0.25, 0.3) is 0 Å². The average molecular weight is 387 g/mol. The smallest absolute Gasteiger partial charge is 0.410 e. The lowest BCUT2D eigenvalue weighted by Gasteiger charge is -2.38. The number of fused-ring (bicyclic) bond motifs is 2. The number of piperazine rings is 1. The second kappa shape index (κ2) is 7.78. The highest BCUT2D eigenvalue weighted by molar-refractivity contribution is 5.69. The third-order valence-electron chi connectivity index (χ3n) is 5.99. The van der Waals surface area contributed by atoms with Crippen LogP contribution < -0.4 is 4.74 Å². The Morgan fingerprint density at radius 3 is 2.54 bits per heavy atom. The maximum atomic E-state index is 12.5. The van der Waals surface area contributed by atoms with Crippen LogP contribution in [-0.4, -0.2) is 53.3 Å². The zero-order chi connectivity index (χ0) is 20.6. The van der Waals surface area contributed by atoms with Crippen molar-refractivity contribution in [1.82, 2.24) is 9.80 Å². The molecule has 2 heterocycles. The first kappa shape index (κ1) is 20.7. The Morgan fingerprint density at radius 2 is 1.96 bits per heavy atom. The fraction of sp³-hybridized carbons (Fsp3) is 0.609. The molecule has 2 aliphatic heterocycles. The molecule has 5 nitrogen and oxygen atoms in total. The summed E-state index contributed by atoms with van der Waals surface area (Å²) in [6.07, 6.45) is 2.62. The molecule has 0 saturated carbocycles. The van der Waals surface area contributed by atoms with E-state index in [1.165, 1.54) is 16.7 Å². The summed E-state index contributed by atoms with van der Waals surface area (Å²) in [6, 6.07) is 5.20. The first-order valence-corrected chi connectivity index (χ1v) is 10.2. The normalized spacial score (nSPS) is 23.0. The third kappa shape index (κ3) is 4.04. The van der Waals surface area contributed by atoms with E-state index < -0.39 is 5.60 Å². The summed E-state index contributed by atoms with van der Waals surface area (Å²) in [5.74, 6) is 0.924. The zero-order valence-corrected chi connectivity index (χ0v) is 18.1. The van der Waals surface area contributed by atoms with Crippen LogP contribution >= 0.6 is 0 Å². The van der Waals surface area contributed by atoms with Gasteiger partial charge in [0, 0.05) is 31.2 Å². The Balaban J connectivity index is 1.69. The second-order valence-electron chi connectivity index (χ2n) is 9.05. The molecule has 2 fully saturated rings. The fourth-order valence-electron chi connectivity index (χ4n) is 4.47. The van der Waals surface area contributed by atoms with Gasteiger partial charge in [-0.05, 0) is 70.7 Å². The van der Waals surface area contributed by atoms with Gasteiger partial charge in [-0.1, -0.05) is 18.7 Å². The number of likely N-dealkylation sites (tertiary alicyclic amines) is 2. The summed E-state index contributed by atoms with van der Waals surface area (Å²) in [5.41, 5.74) is 3.35. The van der Waals surface area contributed by atoms with Gasteiger partial charge in [0.1, 0.15) is 18.0 Å². The van der Waals surface area contributed by atoms with Gasteiger partial charge in [-0.15, -0.1) is 0 Å². The quantitative estimate of drug-likeness (QED) is 0.693. The van der Waals surface area contributed by atoms with Gasteiger partial charge in [0.15, 0.2) is 0 Å². The number of nitrogens with zero attached hydrogens (tertiary/aromatic N) is 2. The minimum absolute atomic E-state index is 0.178. The van der Waals surface area contributed by atoms with Gasteiger partial charge < -0.3 is 14.4 Å². The maximum absolute atomic E-state index is 12.5. The molecule has 3 rings (SSSR count). The minimum Gasteiger partial charge on any atom is -0.489 e. The molecule has 2 bridgehead atoms. The molecule has 0 N–H and O–H groups in total. The highest BCUT2D eigenvalue weighted by atomic mass is 16.6. The number of hydrogen-bond acceptors (Lipinski definition) is 4. The van der Waals surface area contributed by atoms with Crippen molar-refractivity contribution in [2.24, 2.45) is 0 Å². The summed E-state index contributed by atoms with van der Waals surface area (Å²) in [6.45, 7) is 18.2. The van der Waals surface area contributed by atoms with E-state index in [0.717, 1.165) is 25.3 Å². The van der Waals surface area contributed by atoms with Gasteiger partial charge in [0.2, 0.25) is 0 Å². The molecule has 2 aliphatic rings. The van der Waals surface area contributed by atoms with Gasteiger partial charge in [-0.2, -0.15) is 0 Å². The Bertz CT molecular complexity index is 753. The molecule has 1 aromatic carbocycles. The molecular formula is C23H34N2O3. The molecule has 0 aliphatic carbocycles. The minimum atomic E-state index is -0.448. The van der Waals surface area contributed by atoms with Crippen molar-refractivity contribution in [2.45, 2.75) is 71.7 Å². The molecule has 0 aromatic heterocycles. The van der Waals surface area contributed by atoms with Crippen LogP contribution in [0.5, 0.6) is 5.75 Å². The number of rotatable bonds is 5. The number of ether oxygens (including phenoxy) is 2. The molecule has 3 atom stereocenters. The molecule has 0 radical (unpaired) electrons. The summed E-state index contributed by atoms with van der Waals surface area (Å²) < 4.78 is 11.3. The SMILES string of the molecule is C=CCOc1ccc([C@H](C)N2C[C@H]3C[C@@H]2CN3C(=O)OC(C)(C)C)c(C)c1C. The van der Waals surface area contributed by atoms with E-state index in [4.69, 9.17) is 9.47 Å². The van der Waals surface area contributed by atoms with Crippen molar-refractivity contribution >= 4 is 6.09 Å². The van der Waals surface area contributed by atoms with Gasteiger partial charge in [0.05, 0.1) is 0 Å². The lowest BCUT2D eigenvalue weighted by Crippen LogP contribution is -2.50. The Morgan fingerprint density at radius 1 is 1.25 bits per heavy atom. The number of amides is 1. The van der Waals surface area contributed by atoms with E-state index in [1.807, 2.05) is 25.7 Å². The molecule has 154 valence electrons. The lowest BCUT2D eigenvalue weighted by atomic mass is 9.96. The van der Waals surface area contributed by atoms with Crippen molar-refractivity contribution in [1.29, 1.82) is 0 Å². The van der Waals surface area contributed by atoms with Crippen LogP contribution in [0.15, 0.2) is 24.8 Å². The number of hydrogen-bond donors (Lipinski definition) is 0. The van der Waals surface area contributed by atoms with E-state index in [1.54, 1.807) is 6.08 Å². The highest BCUT2D eigenvalue weighted by Gasteiger charge is 2.48. The predicted molar refractivity (Wildman–Crippen MR) is 112 cm³/mol. The summed E-state index contributed by atoms with van der Waals surface area (Å²) in [4.78, 5) is 16.9. The molecule has 28 heavy (non-hydrogen) atoms. The second-order valence-corrected chi connectivity index (χ2v) is 9.05. The summed E-state index contributed by atoms with van der Waals surface area (Å²) in [7, 11) is 0. The molecule has 0 unspecified atom stereocenters. The molecule has 1 aromatic rings. The van der Waals surface area contributed by atoms with Gasteiger partial charge in [-0.3, -0.25) is 4.90 Å². The van der Waals surface area contributed by atoms with E-state index in [2.05, 4.69) is 44.4 Å². The van der Waals surface area contributed by atoms with Crippen LogP contribution in [0.2, 0.25) is 0 Å². The van der Waals surface area contributed by atoms with Crippen molar-refractivity contribution in [3.8, 4) is 5.75 Å². The number of carbonyl (C=O) groups excluding carboxylic acids is 1. The van der Waals surface area contributed by atoms with E-state index >= 15 is 0 Å². The first-order valence-electron chi connectivity index (χ1n) is 10.2. The lowest BCUT2D eigenvalue weighted by molar-refractivity contribution is 0.00961. The van der Waals surface area contributed by atoms with Crippen LogP contribution in [0.25, 0.3) is 0 Å². The summed E-state index contributed by atoms with van der Waals surface area (Å²) in [5, 5.41) is 0. The zero-order valence-electron chi connectivity index (χ0n) is 18.1. The van der Waals surface area contributed by atoms with Crippen molar-refractivity contribution < 1.29 is 14.3 Å². The molecule has 2 saturated heterocycles. The van der Waals surface area contributed by atoms with E-state index in [0.29, 0.717) is 18.7 Å². The van der Waals surface area contributed by atoms with Crippen molar-refractivity contribution in [2.75, 3.05) is 19.7 Å². The molecular weight excluding hydrogens is 352 g/mol. The average Bonchev–Trinajstić information content (AvgIpc) is 3.22. The van der Waals surface area contributed by atoms with Crippen molar-refractivity contribution in [3.63, 3.8) is 0 Å². The van der Waals surface area contributed by atoms with Crippen LogP contribution in [-0.2, 0) is 4.74 Å². The Hall–Kier alpha value is -2.01. The highest BCUT2D eigenvalue weighted by Crippen LogP contribution is 2.39. The van der Waals surface area contributed by atoms with E-state index in [9.17, 15) is 4.79 Å².